The topological polar surface area (TPSA) is 53.4 Å². The molecule has 0 amide bonds. The molecular weight excluding hydrogens is 318 g/mol. The Labute approximate surface area is 152 Å². The first-order valence-corrected chi connectivity index (χ1v) is 10.7. The van der Waals surface area contributed by atoms with Crippen molar-refractivity contribution in [1.82, 2.24) is 4.98 Å². The van der Waals surface area contributed by atoms with Crippen LogP contribution in [0.2, 0.25) is 0 Å². The van der Waals surface area contributed by atoms with Gasteiger partial charge < -0.3 is 10.2 Å². The smallest absolute Gasteiger partial charge is 0.142 e. The SMILES string of the molecule is CCCCCCCCCCCCSCc1cnc(C)c(O)c1CO. The van der Waals surface area contributed by atoms with Crippen molar-refractivity contribution in [1.29, 1.82) is 0 Å². The van der Waals surface area contributed by atoms with E-state index in [0.717, 1.165) is 17.1 Å². The van der Waals surface area contributed by atoms with Gasteiger partial charge in [-0.2, -0.15) is 11.8 Å². The zero-order chi connectivity index (χ0) is 17.6. The van der Waals surface area contributed by atoms with Crippen molar-refractivity contribution in [3.8, 4) is 5.75 Å². The van der Waals surface area contributed by atoms with Gasteiger partial charge in [0.05, 0.1) is 12.3 Å². The predicted octanol–water partition coefficient (Wildman–Crippen LogP) is 5.74. The van der Waals surface area contributed by atoms with Crippen LogP contribution in [0.5, 0.6) is 5.75 Å². The average molecular weight is 354 g/mol. The third-order valence-corrected chi connectivity index (χ3v) is 5.58. The van der Waals surface area contributed by atoms with Crippen molar-refractivity contribution in [2.45, 2.75) is 90.4 Å². The number of aliphatic hydroxyl groups excluding tert-OH is 1. The highest BCUT2D eigenvalue weighted by molar-refractivity contribution is 7.98. The van der Waals surface area contributed by atoms with Crippen LogP contribution < -0.4 is 0 Å². The van der Waals surface area contributed by atoms with Gasteiger partial charge in [-0.05, 0) is 24.7 Å². The summed E-state index contributed by atoms with van der Waals surface area (Å²) in [5, 5.41) is 19.4. The van der Waals surface area contributed by atoms with Gasteiger partial charge in [0, 0.05) is 17.5 Å². The second-order valence-corrected chi connectivity index (χ2v) is 7.69. The molecule has 0 saturated heterocycles. The van der Waals surface area contributed by atoms with Crippen molar-refractivity contribution < 1.29 is 10.2 Å². The number of unbranched alkanes of at least 4 members (excludes halogenated alkanes) is 9. The molecule has 2 N–H and O–H groups in total. The van der Waals surface area contributed by atoms with E-state index in [1.165, 1.54) is 64.2 Å². The van der Waals surface area contributed by atoms with E-state index in [1.54, 1.807) is 13.1 Å². The lowest BCUT2D eigenvalue weighted by molar-refractivity contribution is 0.274. The Morgan fingerprint density at radius 3 is 2.12 bits per heavy atom. The van der Waals surface area contributed by atoms with E-state index >= 15 is 0 Å². The van der Waals surface area contributed by atoms with Crippen LogP contribution in [0, 0.1) is 6.92 Å². The summed E-state index contributed by atoms with van der Waals surface area (Å²) in [7, 11) is 0. The van der Waals surface area contributed by atoms with Crippen molar-refractivity contribution in [3.63, 3.8) is 0 Å². The maximum Gasteiger partial charge on any atom is 0.142 e. The molecule has 0 unspecified atom stereocenters. The monoisotopic (exact) mass is 353 g/mol. The van der Waals surface area contributed by atoms with Crippen LogP contribution in [0.1, 0.15) is 88.0 Å². The number of hydrogen-bond donors (Lipinski definition) is 2. The zero-order valence-electron chi connectivity index (χ0n) is 15.5. The highest BCUT2D eigenvalue weighted by atomic mass is 32.2. The molecule has 0 aromatic carbocycles. The van der Waals surface area contributed by atoms with Crippen LogP contribution in [-0.4, -0.2) is 20.9 Å². The van der Waals surface area contributed by atoms with Gasteiger partial charge in [0.2, 0.25) is 0 Å². The Balaban J connectivity index is 2.04. The van der Waals surface area contributed by atoms with Crippen LogP contribution in [0.15, 0.2) is 6.20 Å². The minimum atomic E-state index is -0.122. The molecule has 0 saturated carbocycles. The molecule has 1 aromatic rings. The number of thioether (sulfide) groups is 1. The summed E-state index contributed by atoms with van der Waals surface area (Å²) in [5.74, 6) is 2.10. The lowest BCUT2D eigenvalue weighted by atomic mass is 10.1. The van der Waals surface area contributed by atoms with Gasteiger partial charge in [0.15, 0.2) is 0 Å². The molecule has 0 fully saturated rings. The van der Waals surface area contributed by atoms with Crippen molar-refractivity contribution in [2.24, 2.45) is 0 Å². The van der Waals surface area contributed by atoms with Gasteiger partial charge in [-0.15, -0.1) is 0 Å². The van der Waals surface area contributed by atoms with Crippen LogP contribution >= 0.6 is 11.8 Å². The van der Waals surface area contributed by atoms with E-state index in [4.69, 9.17) is 0 Å². The molecule has 0 spiro atoms. The largest absolute Gasteiger partial charge is 0.506 e. The number of aromatic nitrogens is 1. The van der Waals surface area contributed by atoms with Crippen molar-refractivity contribution in [3.05, 3.63) is 23.0 Å². The molecule has 1 aromatic heterocycles. The molecule has 138 valence electrons. The molecule has 0 aliphatic carbocycles. The highest BCUT2D eigenvalue weighted by Gasteiger charge is 2.10. The van der Waals surface area contributed by atoms with Gasteiger partial charge in [-0.25, -0.2) is 0 Å². The molecule has 0 atom stereocenters. The summed E-state index contributed by atoms with van der Waals surface area (Å²) < 4.78 is 0. The first-order chi connectivity index (χ1) is 11.7. The fourth-order valence-electron chi connectivity index (χ4n) is 2.86. The molecule has 0 bridgehead atoms. The maximum atomic E-state index is 9.94. The zero-order valence-corrected chi connectivity index (χ0v) is 16.3. The van der Waals surface area contributed by atoms with Crippen molar-refractivity contribution >= 4 is 11.8 Å². The van der Waals surface area contributed by atoms with E-state index in [9.17, 15) is 10.2 Å². The van der Waals surface area contributed by atoms with Gasteiger partial charge >= 0.3 is 0 Å². The Kier molecular flexibility index (Phi) is 12.0. The molecule has 3 nitrogen and oxygen atoms in total. The second kappa shape index (κ2) is 13.5. The maximum absolute atomic E-state index is 9.94. The molecular formula is C20H35NO2S. The van der Waals surface area contributed by atoms with Gasteiger partial charge in [0.1, 0.15) is 5.75 Å². The summed E-state index contributed by atoms with van der Waals surface area (Å²) in [6, 6.07) is 0. The number of rotatable bonds is 14. The Bertz CT molecular complexity index is 452. The molecule has 1 heterocycles. The van der Waals surface area contributed by atoms with Crippen LogP contribution in [0.25, 0.3) is 0 Å². The number of pyridine rings is 1. The molecule has 0 aliphatic rings. The molecule has 0 radical (unpaired) electrons. The van der Waals surface area contributed by atoms with Gasteiger partial charge in [0.25, 0.3) is 0 Å². The number of aliphatic hydroxyl groups is 1. The number of hydrogen-bond acceptors (Lipinski definition) is 4. The number of aryl methyl sites for hydroxylation is 1. The van der Waals surface area contributed by atoms with E-state index in [1.807, 2.05) is 11.8 Å². The lowest BCUT2D eigenvalue weighted by Gasteiger charge is -2.10. The molecule has 0 aliphatic heterocycles. The molecule has 4 heteroatoms. The Morgan fingerprint density at radius 2 is 1.54 bits per heavy atom. The summed E-state index contributed by atoms with van der Waals surface area (Å²) in [6.45, 7) is 3.90. The predicted molar refractivity (Wildman–Crippen MR) is 105 cm³/mol. The molecule has 24 heavy (non-hydrogen) atoms. The number of aromatic hydroxyl groups is 1. The van der Waals surface area contributed by atoms with Crippen LogP contribution in [0.3, 0.4) is 0 Å². The summed E-state index contributed by atoms with van der Waals surface area (Å²) in [6.07, 6.45) is 15.4. The second-order valence-electron chi connectivity index (χ2n) is 6.59. The standard InChI is InChI=1S/C20H35NO2S/c1-3-4-5-6-7-8-9-10-11-12-13-24-16-18-14-21-17(2)20(23)19(18)15-22/h14,22-23H,3-13,15-16H2,1-2H3. The first-order valence-electron chi connectivity index (χ1n) is 9.55. The average Bonchev–Trinajstić information content (AvgIpc) is 2.59. The minimum absolute atomic E-state index is 0.122. The molecule has 1 rings (SSSR count). The number of nitrogens with zero attached hydrogens (tertiary/aromatic N) is 1. The fraction of sp³-hybridized carbons (Fsp3) is 0.750. The van der Waals surface area contributed by atoms with E-state index in [2.05, 4.69) is 11.9 Å². The minimum Gasteiger partial charge on any atom is -0.506 e. The summed E-state index contributed by atoms with van der Waals surface area (Å²) in [4.78, 5) is 4.19. The highest BCUT2D eigenvalue weighted by Crippen LogP contribution is 2.26. The Hall–Kier alpha value is -0.740. The third kappa shape index (κ3) is 8.39. The van der Waals surface area contributed by atoms with E-state index in [-0.39, 0.29) is 12.4 Å². The fourth-order valence-corrected chi connectivity index (χ4v) is 3.88. The normalized spacial score (nSPS) is 11.1. The van der Waals surface area contributed by atoms with E-state index < -0.39 is 0 Å². The first kappa shape index (κ1) is 21.3. The quantitative estimate of drug-likeness (QED) is 0.419. The van der Waals surface area contributed by atoms with Gasteiger partial charge in [-0.1, -0.05) is 64.7 Å². The Morgan fingerprint density at radius 1 is 0.958 bits per heavy atom. The lowest BCUT2D eigenvalue weighted by Crippen LogP contribution is -1.98. The summed E-state index contributed by atoms with van der Waals surface area (Å²) in [5.41, 5.74) is 2.18. The van der Waals surface area contributed by atoms with E-state index in [0.29, 0.717) is 11.3 Å². The van der Waals surface area contributed by atoms with Crippen LogP contribution in [0.4, 0.5) is 0 Å². The third-order valence-electron chi connectivity index (χ3n) is 4.49. The van der Waals surface area contributed by atoms with Gasteiger partial charge in [-0.3, -0.25) is 4.98 Å². The summed E-state index contributed by atoms with van der Waals surface area (Å²) >= 11 is 1.87. The van der Waals surface area contributed by atoms with Crippen molar-refractivity contribution in [2.75, 3.05) is 5.75 Å². The van der Waals surface area contributed by atoms with Crippen LogP contribution in [-0.2, 0) is 12.4 Å².